The van der Waals surface area contributed by atoms with Crippen LogP contribution < -0.4 is 0 Å². The summed E-state index contributed by atoms with van der Waals surface area (Å²) in [5.41, 5.74) is -1.16. The van der Waals surface area contributed by atoms with Gasteiger partial charge in [0.2, 0.25) is 0 Å². The summed E-state index contributed by atoms with van der Waals surface area (Å²) in [6, 6.07) is 8.83. The second-order valence-electron chi connectivity index (χ2n) is 6.21. The highest BCUT2D eigenvalue weighted by atomic mass is 16.3. The Morgan fingerprint density at radius 3 is 2.30 bits per heavy atom. The smallest absolute Gasteiger partial charge is 0.177 e. The largest absolute Gasteiger partial charge is 0.511 e. The maximum Gasteiger partial charge on any atom is 0.177 e. The van der Waals surface area contributed by atoms with Crippen LogP contribution in [0.25, 0.3) is 0 Å². The van der Waals surface area contributed by atoms with Crippen LogP contribution in [-0.4, -0.2) is 21.6 Å². The fraction of sp³-hybridized carbons (Fsp3) is 0.353. The molecule has 3 nitrogen and oxygen atoms in total. The zero-order chi connectivity index (χ0) is 15.0. The molecule has 0 fully saturated rings. The maximum atomic E-state index is 12.3. The monoisotopic (exact) mass is 272 g/mol. The van der Waals surface area contributed by atoms with Gasteiger partial charge in [0.1, 0.15) is 11.4 Å². The minimum absolute atomic E-state index is 0.0984. The first kappa shape index (κ1) is 14.5. The molecule has 2 atom stereocenters. The molecule has 0 aromatic heterocycles. The van der Waals surface area contributed by atoms with Crippen molar-refractivity contribution in [3.05, 3.63) is 59.9 Å². The van der Waals surface area contributed by atoms with Crippen molar-refractivity contribution in [3.63, 3.8) is 0 Å². The highest BCUT2D eigenvalue weighted by Gasteiger charge is 2.40. The number of aliphatic hydroxyl groups excluding tert-OH is 1. The van der Waals surface area contributed by atoms with Gasteiger partial charge in [0.25, 0.3) is 0 Å². The average Bonchev–Trinajstić information content (AvgIpc) is 2.38. The van der Waals surface area contributed by atoms with Crippen molar-refractivity contribution in [1.29, 1.82) is 0 Å². The molecule has 0 saturated heterocycles. The number of hydrogen-bond donors (Lipinski definition) is 2. The predicted octanol–water partition coefficient (Wildman–Crippen LogP) is 3.27. The lowest BCUT2D eigenvalue weighted by Gasteiger charge is -2.38. The van der Waals surface area contributed by atoms with E-state index in [2.05, 4.69) is 0 Å². The molecule has 2 N–H and O–H groups in total. The third-order valence-corrected chi connectivity index (χ3v) is 3.77. The van der Waals surface area contributed by atoms with E-state index in [4.69, 9.17) is 0 Å². The van der Waals surface area contributed by atoms with Gasteiger partial charge < -0.3 is 10.2 Å². The fourth-order valence-corrected chi connectivity index (χ4v) is 2.18. The molecule has 0 aliphatic heterocycles. The Kier molecular flexibility index (Phi) is 3.57. The maximum absolute atomic E-state index is 12.3. The van der Waals surface area contributed by atoms with E-state index in [9.17, 15) is 15.0 Å². The average molecular weight is 272 g/mol. The SMILES string of the molecule is CC(C)(C)C1(O)C=CC(C(=O)c2ccccc2)C(O)=C1. The van der Waals surface area contributed by atoms with Crippen molar-refractivity contribution >= 4 is 5.78 Å². The number of carbonyl (C=O) groups is 1. The van der Waals surface area contributed by atoms with E-state index in [0.29, 0.717) is 5.56 Å². The minimum Gasteiger partial charge on any atom is -0.511 e. The van der Waals surface area contributed by atoms with Crippen LogP contribution in [-0.2, 0) is 0 Å². The van der Waals surface area contributed by atoms with Crippen LogP contribution in [0.2, 0.25) is 0 Å². The quantitative estimate of drug-likeness (QED) is 0.641. The molecule has 2 unspecified atom stereocenters. The van der Waals surface area contributed by atoms with E-state index in [1.54, 1.807) is 36.4 Å². The number of Topliss-reactive ketones (excluding diaryl/α,β-unsaturated/α-hetero) is 1. The van der Waals surface area contributed by atoms with Gasteiger partial charge >= 0.3 is 0 Å². The molecule has 0 saturated carbocycles. The molecule has 0 spiro atoms. The normalized spacial score (nSPS) is 26.2. The lowest BCUT2D eigenvalue weighted by atomic mass is 9.72. The first-order valence-electron chi connectivity index (χ1n) is 6.67. The summed E-state index contributed by atoms with van der Waals surface area (Å²) in [7, 11) is 0. The van der Waals surface area contributed by atoms with Gasteiger partial charge in [0.15, 0.2) is 5.78 Å². The number of rotatable bonds is 2. The topological polar surface area (TPSA) is 57.5 Å². The first-order valence-corrected chi connectivity index (χ1v) is 6.67. The van der Waals surface area contributed by atoms with Crippen LogP contribution in [0.4, 0.5) is 0 Å². The van der Waals surface area contributed by atoms with Gasteiger partial charge in [-0.25, -0.2) is 0 Å². The van der Waals surface area contributed by atoms with Crippen LogP contribution in [0.3, 0.4) is 0 Å². The summed E-state index contributed by atoms with van der Waals surface area (Å²) in [6.45, 7) is 5.63. The summed E-state index contributed by atoms with van der Waals surface area (Å²) in [4.78, 5) is 12.3. The van der Waals surface area contributed by atoms with Gasteiger partial charge in [-0.15, -0.1) is 0 Å². The highest BCUT2D eigenvalue weighted by Crippen LogP contribution is 2.38. The summed E-state index contributed by atoms with van der Waals surface area (Å²) in [6.07, 6.45) is 4.55. The number of benzene rings is 1. The standard InChI is InChI=1S/C17H20O3/c1-16(2,3)17(20)10-9-13(14(18)11-17)15(19)12-7-5-4-6-8-12/h4-11,13,18,20H,1-3H3. The second kappa shape index (κ2) is 4.91. The molecule has 3 heteroatoms. The molecule has 0 bridgehead atoms. The van der Waals surface area contributed by atoms with Crippen LogP contribution in [0.5, 0.6) is 0 Å². The van der Waals surface area contributed by atoms with E-state index in [0.717, 1.165) is 0 Å². The number of hydrogen-bond acceptors (Lipinski definition) is 3. The van der Waals surface area contributed by atoms with Crippen molar-refractivity contribution in [2.24, 2.45) is 11.3 Å². The minimum atomic E-state index is -1.25. The van der Waals surface area contributed by atoms with Gasteiger partial charge in [-0.1, -0.05) is 63.3 Å². The van der Waals surface area contributed by atoms with Crippen molar-refractivity contribution in [2.75, 3.05) is 0 Å². The Balaban J connectivity index is 2.29. The van der Waals surface area contributed by atoms with Crippen LogP contribution >= 0.6 is 0 Å². The van der Waals surface area contributed by atoms with E-state index in [-0.39, 0.29) is 11.5 Å². The Morgan fingerprint density at radius 1 is 1.20 bits per heavy atom. The highest BCUT2D eigenvalue weighted by molar-refractivity contribution is 6.00. The lowest BCUT2D eigenvalue weighted by molar-refractivity contribution is 0.0241. The van der Waals surface area contributed by atoms with Gasteiger partial charge in [0, 0.05) is 5.56 Å². The molecular weight excluding hydrogens is 252 g/mol. The zero-order valence-electron chi connectivity index (χ0n) is 12.0. The summed E-state index contributed by atoms with van der Waals surface area (Å²) < 4.78 is 0. The summed E-state index contributed by atoms with van der Waals surface area (Å²) in [5.74, 6) is -0.995. The zero-order valence-corrected chi connectivity index (χ0v) is 12.0. The Labute approximate surface area is 119 Å². The van der Waals surface area contributed by atoms with E-state index in [1.807, 2.05) is 26.8 Å². The van der Waals surface area contributed by atoms with Crippen molar-refractivity contribution in [3.8, 4) is 0 Å². The third kappa shape index (κ3) is 2.54. The van der Waals surface area contributed by atoms with Crippen molar-refractivity contribution in [1.82, 2.24) is 0 Å². The molecule has 1 aromatic carbocycles. The number of ketones is 1. The number of allylic oxidation sites excluding steroid dienone is 1. The molecule has 0 radical (unpaired) electrons. The van der Waals surface area contributed by atoms with Gasteiger partial charge in [-0.3, -0.25) is 4.79 Å². The van der Waals surface area contributed by atoms with E-state index >= 15 is 0 Å². The molecule has 1 aromatic rings. The number of aliphatic hydroxyl groups is 2. The van der Waals surface area contributed by atoms with Crippen LogP contribution in [0.1, 0.15) is 31.1 Å². The van der Waals surface area contributed by atoms with Crippen molar-refractivity contribution in [2.45, 2.75) is 26.4 Å². The van der Waals surface area contributed by atoms with E-state index in [1.165, 1.54) is 6.08 Å². The fourth-order valence-electron chi connectivity index (χ4n) is 2.18. The van der Waals surface area contributed by atoms with Crippen LogP contribution in [0.15, 0.2) is 54.3 Å². The molecule has 2 rings (SSSR count). The Hall–Kier alpha value is -1.87. The Bertz CT molecular complexity index is 564. The van der Waals surface area contributed by atoms with Crippen LogP contribution in [0, 0.1) is 11.3 Å². The summed E-state index contributed by atoms with van der Waals surface area (Å²) in [5, 5.41) is 20.6. The van der Waals surface area contributed by atoms with E-state index < -0.39 is 16.9 Å². The molecule has 1 aliphatic carbocycles. The van der Waals surface area contributed by atoms with Gasteiger partial charge in [-0.2, -0.15) is 0 Å². The molecule has 0 heterocycles. The molecule has 0 amide bonds. The summed E-state index contributed by atoms with van der Waals surface area (Å²) >= 11 is 0. The predicted molar refractivity (Wildman–Crippen MR) is 78.5 cm³/mol. The Morgan fingerprint density at radius 2 is 1.80 bits per heavy atom. The molecule has 106 valence electrons. The lowest BCUT2D eigenvalue weighted by Crippen LogP contribution is -2.41. The van der Waals surface area contributed by atoms with Crippen molar-refractivity contribution < 1.29 is 15.0 Å². The molecular formula is C17H20O3. The van der Waals surface area contributed by atoms with Gasteiger partial charge in [0.05, 0.1) is 5.92 Å². The second-order valence-corrected chi connectivity index (χ2v) is 6.21. The molecule has 20 heavy (non-hydrogen) atoms. The van der Waals surface area contributed by atoms with Gasteiger partial charge in [-0.05, 0) is 11.5 Å². The first-order chi connectivity index (χ1) is 9.24. The third-order valence-electron chi connectivity index (χ3n) is 3.77. The number of carbonyl (C=O) groups excluding carboxylic acids is 1. The molecule has 1 aliphatic rings.